The summed E-state index contributed by atoms with van der Waals surface area (Å²) in [6.45, 7) is 5.12. The predicted octanol–water partition coefficient (Wildman–Crippen LogP) is 5.13. The lowest BCUT2D eigenvalue weighted by Gasteiger charge is -2.16. The van der Waals surface area contributed by atoms with Gasteiger partial charge in [0.25, 0.3) is 5.91 Å². The van der Waals surface area contributed by atoms with Crippen molar-refractivity contribution < 1.29 is 18.0 Å². The molecule has 0 saturated heterocycles. The second-order valence-corrected chi connectivity index (χ2v) is 6.73. The van der Waals surface area contributed by atoms with Crippen molar-refractivity contribution in [1.29, 1.82) is 0 Å². The van der Waals surface area contributed by atoms with Gasteiger partial charge in [-0.05, 0) is 56.6 Å². The van der Waals surface area contributed by atoms with Gasteiger partial charge in [0.05, 0.1) is 22.5 Å². The molecular weight excluding hydrogens is 363 g/mol. The number of nitrogens with zero attached hydrogens (tertiary/aromatic N) is 2. The summed E-state index contributed by atoms with van der Waals surface area (Å²) in [5, 5.41) is 3.33. The SMILES string of the molecule is Cc1cc(NC(=O)c2cc(C)n(-c3ccccc3C(F)(F)F)c2C)sn1. The molecule has 0 unspecified atom stereocenters. The molecule has 0 aliphatic carbocycles. The highest BCUT2D eigenvalue weighted by atomic mass is 32.1. The van der Waals surface area contributed by atoms with Crippen LogP contribution in [0.3, 0.4) is 0 Å². The van der Waals surface area contributed by atoms with E-state index in [1.54, 1.807) is 32.0 Å². The average Bonchev–Trinajstić information content (AvgIpc) is 3.09. The van der Waals surface area contributed by atoms with Gasteiger partial charge in [-0.2, -0.15) is 17.5 Å². The quantitative estimate of drug-likeness (QED) is 0.686. The third-order valence-electron chi connectivity index (χ3n) is 3.99. The first-order chi connectivity index (χ1) is 12.2. The summed E-state index contributed by atoms with van der Waals surface area (Å²) in [7, 11) is 0. The lowest BCUT2D eigenvalue weighted by atomic mass is 10.1. The maximum absolute atomic E-state index is 13.4. The maximum Gasteiger partial charge on any atom is 0.418 e. The van der Waals surface area contributed by atoms with Crippen LogP contribution in [0.25, 0.3) is 5.69 Å². The van der Waals surface area contributed by atoms with Crippen molar-refractivity contribution in [2.45, 2.75) is 26.9 Å². The molecule has 8 heteroatoms. The van der Waals surface area contributed by atoms with E-state index in [2.05, 4.69) is 9.69 Å². The Hall–Kier alpha value is -2.61. The molecule has 1 amide bonds. The minimum atomic E-state index is -4.48. The Balaban J connectivity index is 2.03. The first kappa shape index (κ1) is 18.2. The molecular formula is C18H16F3N3OS. The first-order valence-corrected chi connectivity index (χ1v) is 8.56. The fraction of sp³-hybridized carbons (Fsp3) is 0.222. The van der Waals surface area contributed by atoms with Gasteiger partial charge in [0.1, 0.15) is 5.00 Å². The molecule has 0 atom stereocenters. The van der Waals surface area contributed by atoms with Crippen molar-refractivity contribution in [2.75, 3.05) is 5.32 Å². The fourth-order valence-corrected chi connectivity index (χ4v) is 3.53. The van der Waals surface area contributed by atoms with Crippen LogP contribution in [0.4, 0.5) is 18.2 Å². The number of para-hydroxylation sites is 1. The standard InChI is InChI=1S/C18H16F3N3OS/c1-10-8-16(26-23-10)22-17(25)13-9-11(2)24(12(13)3)15-7-5-4-6-14(15)18(19,20)21/h4-9H,1-3H3,(H,22,25). The minimum absolute atomic E-state index is 0.00249. The van der Waals surface area contributed by atoms with Gasteiger partial charge in [-0.15, -0.1) is 0 Å². The highest BCUT2D eigenvalue weighted by Gasteiger charge is 2.34. The molecule has 3 aromatic rings. The Labute approximate surface area is 152 Å². The zero-order chi connectivity index (χ0) is 19.1. The van der Waals surface area contributed by atoms with Crippen LogP contribution in [0.15, 0.2) is 36.4 Å². The molecule has 3 rings (SSSR count). The number of alkyl halides is 3. The molecule has 1 N–H and O–H groups in total. The van der Waals surface area contributed by atoms with Crippen molar-refractivity contribution >= 4 is 22.4 Å². The number of nitrogens with one attached hydrogen (secondary N) is 1. The monoisotopic (exact) mass is 379 g/mol. The van der Waals surface area contributed by atoms with Crippen molar-refractivity contribution in [2.24, 2.45) is 0 Å². The molecule has 0 radical (unpaired) electrons. The van der Waals surface area contributed by atoms with Crippen LogP contribution < -0.4 is 5.32 Å². The molecule has 0 bridgehead atoms. The number of aromatic nitrogens is 2. The fourth-order valence-electron chi connectivity index (χ4n) is 2.87. The molecule has 136 valence electrons. The number of carbonyl (C=O) groups is 1. The number of halogens is 3. The van der Waals surface area contributed by atoms with Gasteiger partial charge in [0.15, 0.2) is 0 Å². The van der Waals surface area contributed by atoms with E-state index in [0.29, 0.717) is 22.0 Å². The molecule has 1 aromatic carbocycles. The second kappa shape index (κ2) is 6.60. The Bertz CT molecular complexity index is 972. The van der Waals surface area contributed by atoms with Crippen LogP contribution in [0.1, 0.15) is 33.0 Å². The molecule has 2 aromatic heterocycles. The van der Waals surface area contributed by atoms with E-state index in [0.717, 1.165) is 23.3 Å². The van der Waals surface area contributed by atoms with Crippen molar-refractivity contribution in [3.05, 3.63) is 64.6 Å². The van der Waals surface area contributed by atoms with E-state index in [1.807, 2.05) is 6.92 Å². The van der Waals surface area contributed by atoms with Crippen molar-refractivity contribution in [1.82, 2.24) is 8.94 Å². The number of aryl methyl sites for hydroxylation is 2. The van der Waals surface area contributed by atoms with Crippen LogP contribution >= 0.6 is 11.5 Å². The van der Waals surface area contributed by atoms with E-state index >= 15 is 0 Å². The lowest BCUT2D eigenvalue weighted by Crippen LogP contribution is -2.14. The van der Waals surface area contributed by atoms with Gasteiger partial charge in [0.2, 0.25) is 0 Å². The Morgan fingerprint density at radius 2 is 1.85 bits per heavy atom. The molecule has 0 aliphatic rings. The topological polar surface area (TPSA) is 46.9 Å². The van der Waals surface area contributed by atoms with Gasteiger partial charge in [-0.3, -0.25) is 4.79 Å². The van der Waals surface area contributed by atoms with Gasteiger partial charge in [-0.1, -0.05) is 12.1 Å². The molecule has 26 heavy (non-hydrogen) atoms. The van der Waals surface area contributed by atoms with E-state index in [9.17, 15) is 18.0 Å². The molecule has 0 saturated carbocycles. The van der Waals surface area contributed by atoms with Gasteiger partial charge in [0, 0.05) is 11.4 Å². The van der Waals surface area contributed by atoms with Crippen LogP contribution in [0.5, 0.6) is 0 Å². The number of amides is 1. The van der Waals surface area contributed by atoms with E-state index in [-0.39, 0.29) is 11.6 Å². The minimum Gasteiger partial charge on any atom is -0.317 e. The maximum atomic E-state index is 13.4. The predicted molar refractivity (Wildman–Crippen MR) is 95.0 cm³/mol. The van der Waals surface area contributed by atoms with Gasteiger partial charge < -0.3 is 9.88 Å². The molecule has 0 fully saturated rings. The zero-order valence-corrected chi connectivity index (χ0v) is 15.1. The van der Waals surface area contributed by atoms with Gasteiger partial charge >= 0.3 is 6.18 Å². The Morgan fingerprint density at radius 1 is 1.15 bits per heavy atom. The van der Waals surface area contributed by atoms with Crippen molar-refractivity contribution in [3.8, 4) is 5.69 Å². The summed E-state index contributed by atoms with van der Waals surface area (Å²) >= 11 is 1.15. The molecule has 0 spiro atoms. The smallest absolute Gasteiger partial charge is 0.317 e. The van der Waals surface area contributed by atoms with E-state index in [4.69, 9.17) is 0 Å². The lowest BCUT2D eigenvalue weighted by molar-refractivity contribution is -0.137. The third-order valence-corrected chi connectivity index (χ3v) is 4.79. The number of hydrogen-bond acceptors (Lipinski definition) is 3. The summed E-state index contributed by atoms with van der Waals surface area (Å²) in [6, 6.07) is 8.65. The van der Waals surface area contributed by atoms with E-state index < -0.39 is 11.7 Å². The van der Waals surface area contributed by atoms with Crippen LogP contribution in [0, 0.1) is 20.8 Å². The Morgan fingerprint density at radius 3 is 2.46 bits per heavy atom. The third kappa shape index (κ3) is 3.37. The average molecular weight is 379 g/mol. The molecule has 4 nitrogen and oxygen atoms in total. The van der Waals surface area contributed by atoms with Gasteiger partial charge in [-0.25, -0.2) is 0 Å². The largest absolute Gasteiger partial charge is 0.418 e. The second-order valence-electron chi connectivity index (χ2n) is 5.92. The summed E-state index contributed by atoms with van der Waals surface area (Å²) < 4.78 is 45.6. The number of carbonyl (C=O) groups excluding carboxylic acids is 1. The van der Waals surface area contributed by atoms with Crippen molar-refractivity contribution in [3.63, 3.8) is 0 Å². The van der Waals surface area contributed by atoms with Crippen LogP contribution in [-0.2, 0) is 6.18 Å². The van der Waals surface area contributed by atoms with E-state index in [1.165, 1.54) is 16.7 Å². The zero-order valence-electron chi connectivity index (χ0n) is 14.3. The highest BCUT2D eigenvalue weighted by molar-refractivity contribution is 7.10. The molecule has 2 heterocycles. The summed E-state index contributed by atoms with van der Waals surface area (Å²) in [5.74, 6) is -0.377. The number of rotatable bonds is 3. The summed E-state index contributed by atoms with van der Waals surface area (Å²) in [4.78, 5) is 12.6. The normalized spacial score (nSPS) is 11.6. The summed E-state index contributed by atoms with van der Waals surface area (Å²) in [5.41, 5.74) is 1.36. The number of anilines is 1. The summed E-state index contributed by atoms with van der Waals surface area (Å²) in [6.07, 6.45) is -4.48. The number of hydrogen-bond donors (Lipinski definition) is 1. The number of benzene rings is 1. The first-order valence-electron chi connectivity index (χ1n) is 7.78. The highest BCUT2D eigenvalue weighted by Crippen LogP contribution is 2.35. The van der Waals surface area contributed by atoms with Crippen LogP contribution in [0.2, 0.25) is 0 Å². The molecule has 0 aliphatic heterocycles. The van der Waals surface area contributed by atoms with Crippen LogP contribution in [-0.4, -0.2) is 14.8 Å². The Kier molecular flexibility index (Phi) is 4.62.